The fourth-order valence-corrected chi connectivity index (χ4v) is 4.06. The first-order chi connectivity index (χ1) is 15.0. The number of nitrogens with two attached hydrogens (primary N) is 1. The first-order valence-electron chi connectivity index (χ1n) is 9.43. The number of fused-ring (bicyclic) bond motifs is 1. The number of hydrogen-bond donors (Lipinski definition) is 3. The molecular formula is C22H19BrN4O4. The van der Waals surface area contributed by atoms with E-state index in [2.05, 4.69) is 32.2 Å². The molecule has 0 bridgehead atoms. The number of allylic oxidation sites excluding steroid dienone is 1. The largest absolute Gasteiger partial charge is 0.503 e. The number of ether oxygens (including phenoxy) is 3. The van der Waals surface area contributed by atoms with Crippen molar-refractivity contribution in [2.45, 2.75) is 12.8 Å². The Labute approximate surface area is 187 Å². The molecule has 1 aliphatic rings. The van der Waals surface area contributed by atoms with Crippen LogP contribution in [-0.2, 0) is 0 Å². The number of aromatic hydroxyl groups is 1. The minimum absolute atomic E-state index is 0.0199. The van der Waals surface area contributed by atoms with Crippen LogP contribution < -0.4 is 19.9 Å². The lowest BCUT2D eigenvalue weighted by molar-refractivity contribution is 0.316. The Morgan fingerprint density at radius 2 is 2.16 bits per heavy atom. The summed E-state index contributed by atoms with van der Waals surface area (Å²) < 4.78 is 17.0. The van der Waals surface area contributed by atoms with E-state index in [1.165, 1.54) is 0 Å². The highest BCUT2D eigenvalue weighted by molar-refractivity contribution is 9.10. The topological polar surface area (TPSA) is 126 Å². The van der Waals surface area contributed by atoms with Crippen molar-refractivity contribution < 1.29 is 19.3 Å². The smallest absolute Gasteiger partial charge is 0.244 e. The first-order valence-corrected chi connectivity index (χ1v) is 10.2. The number of nitrogens with zero attached hydrogens (tertiary/aromatic N) is 2. The summed E-state index contributed by atoms with van der Waals surface area (Å²) in [5.74, 6) is 0.614. The Hall–Kier alpha value is -3.64. The monoisotopic (exact) mass is 482 g/mol. The molecule has 4 rings (SSSR count). The van der Waals surface area contributed by atoms with Gasteiger partial charge < -0.3 is 25.1 Å². The van der Waals surface area contributed by atoms with E-state index in [0.29, 0.717) is 39.4 Å². The van der Waals surface area contributed by atoms with E-state index in [4.69, 9.17) is 19.9 Å². The second-order valence-electron chi connectivity index (χ2n) is 6.76. The third-order valence-corrected chi connectivity index (χ3v) is 5.59. The molecule has 0 unspecified atom stereocenters. The number of methoxy groups -OCH3 is 1. The van der Waals surface area contributed by atoms with Crippen LogP contribution in [0.5, 0.6) is 23.1 Å². The molecule has 9 heteroatoms. The van der Waals surface area contributed by atoms with Gasteiger partial charge in [0.1, 0.15) is 17.4 Å². The summed E-state index contributed by atoms with van der Waals surface area (Å²) in [5, 5.41) is 27.5. The maximum Gasteiger partial charge on any atom is 0.244 e. The normalized spacial score (nSPS) is 15.1. The minimum Gasteiger partial charge on any atom is -0.503 e. The predicted octanol–water partition coefficient (Wildman–Crippen LogP) is 4.17. The number of phenolic OH excluding ortho intramolecular Hbond substituents is 1. The SMILES string of the molecule is CCOc1cc([C@H]2C(C#N)=C(N)Oc3n[nH]c(-c4cccc(OC)c4)c32)cc(Br)c1O. The van der Waals surface area contributed by atoms with Crippen molar-refractivity contribution >= 4 is 15.9 Å². The Kier molecular flexibility index (Phi) is 5.48. The summed E-state index contributed by atoms with van der Waals surface area (Å²) in [4.78, 5) is 0. The number of H-pyrrole nitrogens is 1. The second kappa shape index (κ2) is 8.24. The van der Waals surface area contributed by atoms with Crippen LogP contribution in [0.2, 0.25) is 0 Å². The average molecular weight is 483 g/mol. The van der Waals surface area contributed by atoms with E-state index < -0.39 is 5.92 Å². The highest BCUT2D eigenvalue weighted by Crippen LogP contribution is 2.48. The number of phenols is 1. The van der Waals surface area contributed by atoms with Gasteiger partial charge in [-0.15, -0.1) is 5.10 Å². The van der Waals surface area contributed by atoms with Gasteiger partial charge in [-0.05, 0) is 52.7 Å². The van der Waals surface area contributed by atoms with Crippen LogP contribution in [0.3, 0.4) is 0 Å². The molecule has 158 valence electrons. The fraction of sp³-hybridized carbons (Fsp3) is 0.182. The van der Waals surface area contributed by atoms with Gasteiger partial charge in [-0.1, -0.05) is 12.1 Å². The zero-order valence-corrected chi connectivity index (χ0v) is 18.4. The summed E-state index contributed by atoms with van der Waals surface area (Å²) >= 11 is 3.37. The van der Waals surface area contributed by atoms with Gasteiger partial charge in [-0.25, -0.2) is 0 Å². The molecule has 2 heterocycles. The maximum absolute atomic E-state index is 10.3. The van der Waals surface area contributed by atoms with E-state index in [0.717, 1.165) is 5.56 Å². The summed E-state index contributed by atoms with van der Waals surface area (Å²) in [6, 6.07) is 13.0. The Bertz CT molecular complexity index is 1230. The predicted molar refractivity (Wildman–Crippen MR) is 117 cm³/mol. The van der Waals surface area contributed by atoms with Crippen molar-refractivity contribution in [1.29, 1.82) is 5.26 Å². The van der Waals surface area contributed by atoms with E-state index in [9.17, 15) is 10.4 Å². The summed E-state index contributed by atoms with van der Waals surface area (Å²) in [7, 11) is 1.59. The molecular weight excluding hydrogens is 464 g/mol. The molecule has 31 heavy (non-hydrogen) atoms. The van der Waals surface area contributed by atoms with Gasteiger partial charge in [0, 0.05) is 5.56 Å². The van der Waals surface area contributed by atoms with Gasteiger partial charge in [0.2, 0.25) is 11.8 Å². The molecule has 0 saturated heterocycles. The highest BCUT2D eigenvalue weighted by atomic mass is 79.9. The summed E-state index contributed by atoms with van der Waals surface area (Å²) in [6.07, 6.45) is 0. The van der Waals surface area contributed by atoms with Crippen molar-refractivity contribution in [3.05, 3.63) is 63.5 Å². The number of nitrogens with one attached hydrogen (secondary N) is 1. The van der Waals surface area contributed by atoms with Crippen LogP contribution in [0.15, 0.2) is 52.3 Å². The van der Waals surface area contributed by atoms with Crippen molar-refractivity contribution in [1.82, 2.24) is 10.2 Å². The van der Waals surface area contributed by atoms with Crippen LogP contribution >= 0.6 is 15.9 Å². The summed E-state index contributed by atoms with van der Waals surface area (Å²) in [6.45, 7) is 2.19. The molecule has 0 amide bonds. The van der Waals surface area contributed by atoms with Crippen LogP contribution in [-0.4, -0.2) is 29.0 Å². The lowest BCUT2D eigenvalue weighted by Crippen LogP contribution is -2.21. The molecule has 0 saturated carbocycles. The van der Waals surface area contributed by atoms with Gasteiger partial charge >= 0.3 is 0 Å². The molecule has 1 atom stereocenters. The molecule has 0 radical (unpaired) electrons. The van der Waals surface area contributed by atoms with E-state index >= 15 is 0 Å². The van der Waals surface area contributed by atoms with Gasteiger partial charge in [-0.2, -0.15) is 5.26 Å². The standard InChI is InChI=1S/C22H19BrN4O4/c1-3-30-16-9-12(8-15(23)20(16)28)17-14(10-24)21(25)31-22-18(17)19(26-27-22)11-5-4-6-13(7-11)29-2/h4-9,17,28H,3,25H2,1-2H3,(H,26,27)/t17-/m0/s1. The number of nitriles is 1. The van der Waals surface area contributed by atoms with Crippen LogP contribution in [0.25, 0.3) is 11.3 Å². The number of rotatable bonds is 5. The molecule has 4 N–H and O–H groups in total. The molecule has 0 spiro atoms. The highest BCUT2D eigenvalue weighted by Gasteiger charge is 2.36. The average Bonchev–Trinajstić information content (AvgIpc) is 3.19. The molecule has 1 aliphatic heterocycles. The zero-order valence-electron chi connectivity index (χ0n) is 16.8. The lowest BCUT2D eigenvalue weighted by atomic mass is 9.83. The quantitative estimate of drug-likeness (QED) is 0.497. The molecule has 1 aromatic heterocycles. The van der Waals surface area contributed by atoms with Crippen molar-refractivity contribution in [3.8, 4) is 40.5 Å². The van der Waals surface area contributed by atoms with Gasteiger partial charge in [0.25, 0.3) is 0 Å². The molecule has 0 fully saturated rings. The van der Waals surface area contributed by atoms with Gasteiger partial charge in [-0.3, -0.25) is 5.10 Å². The van der Waals surface area contributed by atoms with E-state index in [1.807, 2.05) is 31.2 Å². The van der Waals surface area contributed by atoms with Gasteiger partial charge in [0.15, 0.2) is 11.5 Å². The van der Waals surface area contributed by atoms with Gasteiger partial charge in [0.05, 0.1) is 35.4 Å². The number of aromatic nitrogens is 2. The lowest BCUT2D eigenvalue weighted by Gasteiger charge is -2.25. The zero-order chi connectivity index (χ0) is 22.1. The number of halogens is 1. The Balaban J connectivity index is 1.95. The van der Waals surface area contributed by atoms with E-state index in [1.54, 1.807) is 19.2 Å². The number of hydrogen-bond acceptors (Lipinski definition) is 7. The van der Waals surface area contributed by atoms with E-state index in [-0.39, 0.29) is 23.1 Å². The van der Waals surface area contributed by atoms with Crippen molar-refractivity contribution in [3.63, 3.8) is 0 Å². The molecule has 3 aromatic rings. The van der Waals surface area contributed by atoms with Crippen LogP contribution in [0, 0.1) is 11.3 Å². The second-order valence-corrected chi connectivity index (χ2v) is 7.61. The molecule has 2 aromatic carbocycles. The molecule has 0 aliphatic carbocycles. The fourth-order valence-electron chi connectivity index (χ4n) is 3.60. The molecule has 8 nitrogen and oxygen atoms in total. The Morgan fingerprint density at radius 3 is 2.87 bits per heavy atom. The Morgan fingerprint density at radius 1 is 1.35 bits per heavy atom. The number of benzene rings is 2. The first kappa shape index (κ1) is 20.6. The summed E-state index contributed by atoms with van der Waals surface area (Å²) in [5.41, 5.74) is 9.10. The van der Waals surface area contributed by atoms with Crippen molar-refractivity contribution in [2.24, 2.45) is 5.73 Å². The van der Waals surface area contributed by atoms with Crippen molar-refractivity contribution in [2.75, 3.05) is 13.7 Å². The van der Waals surface area contributed by atoms with Crippen LogP contribution in [0.4, 0.5) is 0 Å². The maximum atomic E-state index is 10.3. The third kappa shape index (κ3) is 3.55. The third-order valence-electron chi connectivity index (χ3n) is 4.98. The van der Waals surface area contributed by atoms with Crippen LogP contribution in [0.1, 0.15) is 24.0 Å². The number of aromatic amines is 1. The minimum atomic E-state index is -0.593.